The number of hydrogen-bond acceptors (Lipinski definition) is 7. The van der Waals surface area contributed by atoms with Gasteiger partial charge in [0.1, 0.15) is 45.8 Å². The molecule has 380 valence electrons. The Labute approximate surface area is 430 Å². The van der Waals surface area contributed by atoms with Gasteiger partial charge in [0.05, 0.1) is 0 Å². The Bertz CT molecular complexity index is 2800. The summed E-state index contributed by atoms with van der Waals surface area (Å²) in [5, 5.41) is 0. The van der Waals surface area contributed by atoms with Gasteiger partial charge in [0.15, 0.2) is 0 Å². The molecule has 0 aliphatic heterocycles. The minimum atomic E-state index is -2.16. The number of rotatable bonds is 14. The molecule has 7 nitrogen and oxygen atoms in total. The van der Waals surface area contributed by atoms with Gasteiger partial charge in [0.25, 0.3) is 0 Å². The molecule has 9 heteroatoms. The van der Waals surface area contributed by atoms with Crippen LogP contribution in [0.4, 0.5) is 0 Å². The number of benzene rings is 6. The van der Waals surface area contributed by atoms with E-state index in [9.17, 15) is 0 Å². The van der Waals surface area contributed by atoms with E-state index in [2.05, 4.69) is 213 Å². The SMILES string of the molecule is Cc1ccc(OP(Oc2ccc(C)cc2C)Oc2c(C(C)(C)C)cc(OC(C)(C)C)c(C)c2-c2c(C)c(C(C)(C)C)cc(C(C)(C)C)c2OP(Oc2ccc(C)cc2C)Oc2ccc(C)cc2C)c(C)c1. The van der Waals surface area contributed by atoms with Crippen molar-refractivity contribution in [3.63, 3.8) is 0 Å². The van der Waals surface area contributed by atoms with Gasteiger partial charge in [-0.3, -0.25) is 0 Å². The lowest BCUT2D eigenvalue weighted by atomic mass is 9.74. The van der Waals surface area contributed by atoms with E-state index in [1.54, 1.807) is 0 Å². The highest BCUT2D eigenvalue weighted by Gasteiger charge is 2.39. The van der Waals surface area contributed by atoms with Crippen LogP contribution >= 0.6 is 17.2 Å². The molecule has 0 bridgehead atoms. The second kappa shape index (κ2) is 21.1. The molecule has 6 aromatic rings. The molecular weight excluding hydrogens is 919 g/mol. The molecule has 0 unspecified atom stereocenters. The van der Waals surface area contributed by atoms with Crippen LogP contribution in [0.3, 0.4) is 0 Å². The van der Waals surface area contributed by atoms with Gasteiger partial charge < -0.3 is 31.9 Å². The minimum absolute atomic E-state index is 0.279. The van der Waals surface area contributed by atoms with Gasteiger partial charge in [-0.05, 0) is 170 Å². The Morgan fingerprint density at radius 3 is 0.887 bits per heavy atom. The maximum Gasteiger partial charge on any atom is 0.530 e. The van der Waals surface area contributed by atoms with E-state index in [-0.39, 0.29) is 5.41 Å². The lowest BCUT2D eigenvalue weighted by Crippen LogP contribution is -2.25. The normalized spacial score (nSPS) is 12.3. The average molecular weight is 999 g/mol. The number of ether oxygens (including phenoxy) is 1. The zero-order valence-electron chi connectivity index (χ0n) is 46.8. The monoisotopic (exact) mass is 999 g/mol. The van der Waals surface area contributed by atoms with Crippen LogP contribution in [0, 0.1) is 69.2 Å². The van der Waals surface area contributed by atoms with Crippen LogP contribution in [0.1, 0.15) is 155 Å². The molecule has 0 radical (unpaired) electrons. The van der Waals surface area contributed by atoms with Gasteiger partial charge >= 0.3 is 17.2 Å². The van der Waals surface area contributed by atoms with Crippen molar-refractivity contribution in [1.82, 2.24) is 0 Å². The molecule has 0 saturated carbocycles. The molecule has 0 amide bonds. The quantitative estimate of drug-likeness (QED) is 0.101. The largest absolute Gasteiger partial charge is 0.530 e. The molecule has 0 saturated heterocycles. The zero-order valence-corrected chi connectivity index (χ0v) is 48.6. The van der Waals surface area contributed by atoms with Gasteiger partial charge in [0.2, 0.25) is 0 Å². The summed E-state index contributed by atoms with van der Waals surface area (Å²) in [6, 6.07) is 29.2. The van der Waals surface area contributed by atoms with Crippen LogP contribution in [-0.4, -0.2) is 5.60 Å². The van der Waals surface area contributed by atoms with Gasteiger partial charge in [-0.25, -0.2) is 0 Å². The van der Waals surface area contributed by atoms with E-state index >= 15 is 0 Å². The lowest BCUT2D eigenvalue weighted by molar-refractivity contribution is 0.129. The highest BCUT2D eigenvalue weighted by atomic mass is 31.2. The van der Waals surface area contributed by atoms with Crippen molar-refractivity contribution in [1.29, 1.82) is 0 Å². The maximum atomic E-state index is 7.58. The Kier molecular flexibility index (Phi) is 16.4. The summed E-state index contributed by atoms with van der Waals surface area (Å²) in [6.45, 7) is 47.3. The van der Waals surface area contributed by atoms with Crippen molar-refractivity contribution < 1.29 is 31.9 Å². The Morgan fingerprint density at radius 2 is 0.606 bits per heavy atom. The predicted octanol–water partition coefficient (Wildman–Crippen LogP) is 19.0. The van der Waals surface area contributed by atoms with Crippen LogP contribution < -0.4 is 31.9 Å². The van der Waals surface area contributed by atoms with Crippen molar-refractivity contribution in [2.45, 2.75) is 174 Å². The molecular formula is C62H80O7P2. The first-order valence-corrected chi connectivity index (χ1v) is 27.0. The summed E-state index contributed by atoms with van der Waals surface area (Å²) in [5.74, 6) is 4.72. The van der Waals surface area contributed by atoms with Crippen LogP contribution in [0.15, 0.2) is 84.9 Å². The van der Waals surface area contributed by atoms with Gasteiger partial charge in [0, 0.05) is 27.8 Å². The fraction of sp³-hybridized carbons (Fsp3) is 0.419. The molecule has 6 aromatic carbocycles. The lowest BCUT2D eigenvalue weighted by Gasteiger charge is -2.35. The van der Waals surface area contributed by atoms with Gasteiger partial charge in [-0.1, -0.05) is 139 Å². The predicted molar refractivity (Wildman–Crippen MR) is 299 cm³/mol. The van der Waals surface area contributed by atoms with Gasteiger partial charge in [-0.2, -0.15) is 0 Å². The average Bonchev–Trinajstić information content (AvgIpc) is 3.21. The van der Waals surface area contributed by atoms with Crippen LogP contribution in [0.25, 0.3) is 11.1 Å². The fourth-order valence-electron chi connectivity index (χ4n) is 8.80. The highest BCUT2D eigenvalue weighted by molar-refractivity contribution is 7.43. The van der Waals surface area contributed by atoms with Crippen molar-refractivity contribution in [2.75, 3.05) is 0 Å². The van der Waals surface area contributed by atoms with E-state index in [4.69, 9.17) is 31.9 Å². The maximum absolute atomic E-state index is 7.58. The van der Waals surface area contributed by atoms with E-state index < -0.39 is 33.6 Å². The van der Waals surface area contributed by atoms with E-state index in [0.29, 0.717) is 34.5 Å². The van der Waals surface area contributed by atoms with Crippen molar-refractivity contribution >= 4 is 17.2 Å². The van der Waals surface area contributed by atoms with E-state index in [0.717, 1.165) is 83.6 Å². The second-order valence-corrected chi connectivity index (χ2v) is 25.6. The fourth-order valence-corrected chi connectivity index (χ4v) is 11.2. The summed E-state index contributed by atoms with van der Waals surface area (Å²) in [5.41, 5.74) is 13.4. The smallest absolute Gasteiger partial charge is 0.488 e. The van der Waals surface area contributed by atoms with Crippen molar-refractivity contribution in [3.8, 4) is 51.4 Å². The molecule has 0 aliphatic rings. The first-order valence-electron chi connectivity index (χ1n) is 24.8. The molecule has 6 rings (SSSR count). The molecule has 0 spiro atoms. The summed E-state index contributed by atoms with van der Waals surface area (Å²) < 4.78 is 50.1. The first kappa shape index (κ1) is 55.1. The number of aryl methyl sites for hydroxylation is 8. The zero-order chi connectivity index (χ0) is 52.7. The van der Waals surface area contributed by atoms with Gasteiger partial charge in [-0.15, -0.1) is 0 Å². The third-order valence-electron chi connectivity index (χ3n) is 12.5. The van der Waals surface area contributed by atoms with Crippen molar-refractivity contribution in [2.24, 2.45) is 0 Å². The van der Waals surface area contributed by atoms with E-state index in [1.165, 1.54) is 5.56 Å². The van der Waals surface area contributed by atoms with Crippen molar-refractivity contribution in [3.05, 3.63) is 157 Å². The summed E-state index contributed by atoms with van der Waals surface area (Å²) in [4.78, 5) is 0. The van der Waals surface area contributed by atoms with Crippen LogP contribution in [0.2, 0.25) is 0 Å². The molecule has 0 fully saturated rings. The summed E-state index contributed by atoms with van der Waals surface area (Å²) in [7, 11) is -4.32. The number of hydrogen-bond donors (Lipinski definition) is 0. The highest BCUT2D eigenvalue weighted by Crippen LogP contribution is 2.59. The molecule has 0 aromatic heterocycles. The van der Waals surface area contributed by atoms with E-state index in [1.807, 2.05) is 24.3 Å². The third kappa shape index (κ3) is 13.4. The first-order chi connectivity index (χ1) is 32.8. The third-order valence-corrected chi connectivity index (χ3v) is 14.5. The Balaban J connectivity index is 1.76. The van der Waals surface area contributed by atoms with Crippen LogP contribution in [0.5, 0.6) is 40.2 Å². The summed E-state index contributed by atoms with van der Waals surface area (Å²) >= 11 is 0. The van der Waals surface area contributed by atoms with Crippen LogP contribution in [-0.2, 0) is 16.2 Å². The molecule has 0 aliphatic carbocycles. The molecule has 0 atom stereocenters. The topological polar surface area (TPSA) is 64.6 Å². The molecule has 0 heterocycles. The Morgan fingerprint density at radius 1 is 0.310 bits per heavy atom. The second-order valence-electron chi connectivity index (χ2n) is 23.6. The molecule has 0 N–H and O–H groups in total. The summed E-state index contributed by atoms with van der Waals surface area (Å²) in [6.07, 6.45) is 0. The standard InChI is InChI=1S/C62H80O7P2/c1-37-23-27-50(41(5)31-37)64-70(65-51-28-24-38(2)32-42(51)6)68-57-48(60(14,15)16)35-47(59(11,12)13)45(9)55(57)56-46(10)54(63-62(20,21)22)36-49(61(17,18)19)58(56)69-71(66-52-29-25-39(3)33-43(52)7)67-53-30-26-40(4)34-44(53)8/h23-36H,1-22H3. The Hall–Kier alpha value is -5.22. The minimum Gasteiger partial charge on any atom is -0.488 e. The molecule has 71 heavy (non-hydrogen) atoms.